The second kappa shape index (κ2) is 6.23. The Kier molecular flexibility index (Phi) is 4.63. The number of halogens is 1. The molecule has 1 atom stereocenters. The van der Waals surface area contributed by atoms with Gasteiger partial charge < -0.3 is 20.7 Å². The van der Waals surface area contributed by atoms with Crippen molar-refractivity contribution in [2.75, 3.05) is 38.2 Å². The Balaban J connectivity index is 2.13. The first-order valence-corrected chi connectivity index (χ1v) is 6.60. The third-order valence-corrected chi connectivity index (χ3v) is 3.47. The third kappa shape index (κ3) is 3.37. The molecule has 6 heteroatoms. The first-order valence-electron chi connectivity index (χ1n) is 6.22. The minimum Gasteiger partial charge on any atom is -0.373 e. The molecule has 2 rings (SSSR count). The van der Waals surface area contributed by atoms with E-state index in [1.165, 1.54) is 0 Å². The molecular weight excluding hydrogens is 266 g/mol. The van der Waals surface area contributed by atoms with Crippen LogP contribution in [-0.4, -0.2) is 45.3 Å². The molecule has 1 aromatic carbocycles. The average Bonchev–Trinajstić information content (AvgIpc) is 2.39. The second-order valence-corrected chi connectivity index (χ2v) is 4.93. The number of hydrogen-bond donors (Lipinski definition) is 2. The van der Waals surface area contributed by atoms with Gasteiger partial charge in [0, 0.05) is 25.3 Å². The molecule has 0 bridgehead atoms. The first kappa shape index (κ1) is 14.1. The van der Waals surface area contributed by atoms with Crippen molar-refractivity contribution in [2.24, 2.45) is 5.73 Å². The molecule has 1 unspecified atom stereocenters. The number of carbonyl (C=O) groups excluding carboxylic acids is 1. The predicted octanol–water partition coefficient (Wildman–Crippen LogP) is 0.864. The Hall–Kier alpha value is -1.30. The van der Waals surface area contributed by atoms with Crippen LogP contribution < -0.4 is 16.0 Å². The van der Waals surface area contributed by atoms with Crippen molar-refractivity contribution < 1.29 is 9.53 Å². The molecule has 0 aliphatic carbocycles. The van der Waals surface area contributed by atoms with Gasteiger partial charge >= 0.3 is 0 Å². The molecule has 104 valence electrons. The number of rotatable bonds is 4. The highest BCUT2D eigenvalue weighted by Crippen LogP contribution is 2.25. The van der Waals surface area contributed by atoms with Crippen LogP contribution >= 0.6 is 11.6 Å². The highest BCUT2D eigenvalue weighted by Gasteiger charge is 2.20. The van der Waals surface area contributed by atoms with Crippen LogP contribution in [-0.2, 0) is 4.74 Å². The zero-order chi connectivity index (χ0) is 13.8. The Morgan fingerprint density at radius 3 is 3.05 bits per heavy atom. The molecule has 1 saturated heterocycles. The Morgan fingerprint density at radius 2 is 2.42 bits per heavy atom. The summed E-state index contributed by atoms with van der Waals surface area (Å²) in [6.07, 6.45) is 0.161. The van der Waals surface area contributed by atoms with Crippen molar-refractivity contribution in [1.82, 2.24) is 5.32 Å². The van der Waals surface area contributed by atoms with Crippen LogP contribution in [0.2, 0.25) is 5.02 Å². The molecule has 0 radical (unpaired) electrons. The molecule has 5 nitrogen and oxygen atoms in total. The molecule has 1 amide bonds. The molecule has 1 fully saturated rings. The quantitative estimate of drug-likeness (QED) is 0.860. The van der Waals surface area contributed by atoms with Gasteiger partial charge in [-0.1, -0.05) is 11.6 Å². The molecule has 1 aromatic rings. The van der Waals surface area contributed by atoms with Gasteiger partial charge in [-0.3, -0.25) is 4.79 Å². The Morgan fingerprint density at radius 1 is 1.63 bits per heavy atom. The van der Waals surface area contributed by atoms with Crippen molar-refractivity contribution in [2.45, 2.75) is 6.10 Å². The monoisotopic (exact) mass is 283 g/mol. The summed E-state index contributed by atoms with van der Waals surface area (Å²) in [7, 11) is 1.90. The molecule has 1 heterocycles. The molecule has 0 aromatic heterocycles. The number of morpholine rings is 1. The van der Waals surface area contributed by atoms with Crippen LogP contribution in [0, 0.1) is 0 Å². The maximum atomic E-state index is 11.1. The molecule has 1 aliphatic heterocycles. The highest BCUT2D eigenvalue weighted by molar-refractivity contribution is 6.34. The maximum Gasteiger partial charge on any atom is 0.250 e. The lowest BCUT2D eigenvalue weighted by molar-refractivity contribution is 0.0422. The lowest BCUT2D eigenvalue weighted by atomic mass is 10.1. The molecule has 3 N–H and O–H groups in total. The summed E-state index contributed by atoms with van der Waals surface area (Å²) in [5.74, 6) is -0.508. The SMILES string of the molecule is CNCC1CN(c2ccc(C(N)=O)c(Cl)c2)CCO1. The van der Waals surface area contributed by atoms with Gasteiger partial charge in [-0.15, -0.1) is 0 Å². The van der Waals surface area contributed by atoms with Crippen LogP contribution in [0.5, 0.6) is 0 Å². The number of nitrogens with zero attached hydrogens (tertiary/aromatic N) is 1. The number of amides is 1. The summed E-state index contributed by atoms with van der Waals surface area (Å²) in [6.45, 7) is 3.10. The summed E-state index contributed by atoms with van der Waals surface area (Å²) in [5, 5.41) is 3.50. The van der Waals surface area contributed by atoms with E-state index >= 15 is 0 Å². The van der Waals surface area contributed by atoms with Crippen LogP contribution in [0.25, 0.3) is 0 Å². The van der Waals surface area contributed by atoms with Crippen LogP contribution in [0.3, 0.4) is 0 Å². The Labute approximate surface area is 117 Å². The van der Waals surface area contributed by atoms with Gasteiger partial charge in [0.15, 0.2) is 0 Å². The van der Waals surface area contributed by atoms with E-state index in [2.05, 4.69) is 10.2 Å². The number of carbonyl (C=O) groups is 1. The fourth-order valence-corrected chi connectivity index (χ4v) is 2.47. The van der Waals surface area contributed by atoms with Crippen LogP contribution in [0.1, 0.15) is 10.4 Å². The van der Waals surface area contributed by atoms with E-state index in [1.807, 2.05) is 13.1 Å². The molecule has 1 aliphatic rings. The smallest absolute Gasteiger partial charge is 0.250 e. The number of nitrogens with two attached hydrogens (primary N) is 1. The van der Waals surface area contributed by atoms with Gasteiger partial charge in [0.2, 0.25) is 5.91 Å². The van der Waals surface area contributed by atoms with E-state index < -0.39 is 5.91 Å². The van der Waals surface area contributed by atoms with Crippen molar-refractivity contribution in [3.05, 3.63) is 28.8 Å². The predicted molar refractivity (Wildman–Crippen MR) is 75.8 cm³/mol. The average molecular weight is 284 g/mol. The molecule has 0 saturated carbocycles. The zero-order valence-electron chi connectivity index (χ0n) is 10.9. The number of anilines is 1. The molecule has 19 heavy (non-hydrogen) atoms. The van der Waals surface area contributed by atoms with Crippen molar-refractivity contribution in [3.63, 3.8) is 0 Å². The van der Waals surface area contributed by atoms with Crippen LogP contribution in [0.15, 0.2) is 18.2 Å². The summed E-state index contributed by atoms with van der Waals surface area (Å²) in [5.41, 5.74) is 6.58. The lowest BCUT2D eigenvalue weighted by Gasteiger charge is -2.34. The second-order valence-electron chi connectivity index (χ2n) is 4.52. The fourth-order valence-electron chi connectivity index (χ4n) is 2.21. The van der Waals surface area contributed by atoms with E-state index in [9.17, 15) is 4.79 Å². The molecule has 0 spiro atoms. The van der Waals surface area contributed by atoms with Crippen molar-refractivity contribution in [3.8, 4) is 0 Å². The topological polar surface area (TPSA) is 67.6 Å². The van der Waals surface area contributed by atoms with Gasteiger partial charge in [0.05, 0.1) is 23.3 Å². The van der Waals surface area contributed by atoms with E-state index in [1.54, 1.807) is 12.1 Å². The van der Waals surface area contributed by atoms with Gasteiger partial charge in [-0.2, -0.15) is 0 Å². The number of primary amides is 1. The largest absolute Gasteiger partial charge is 0.373 e. The minimum atomic E-state index is -0.508. The zero-order valence-corrected chi connectivity index (χ0v) is 11.6. The lowest BCUT2D eigenvalue weighted by Crippen LogP contribution is -2.46. The van der Waals surface area contributed by atoms with E-state index in [0.29, 0.717) is 17.2 Å². The Bertz CT molecular complexity index is 465. The summed E-state index contributed by atoms with van der Waals surface area (Å²) >= 11 is 6.07. The number of ether oxygens (including phenoxy) is 1. The van der Waals surface area contributed by atoms with Gasteiger partial charge in [-0.25, -0.2) is 0 Å². The van der Waals surface area contributed by atoms with E-state index in [4.69, 9.17) is 22.1 Å². The van der Waals surface area contributed by atoms with E-state index in [0.717, 1.165) is 25.3 Å². The van der Waals surface area contributed by atoms with Gasteiger partial charge in [0.1, 0.15) is 0 Å². The summed E-state index contributed by atoms with van der Waals surface area (Å²) < 4.78 is 5.65. The fraction of sp³-hybridized carbons (Fsp3) is 0.462. The number of nitrogens with one attached hydrogen (secondary N) is 1. The highest BCUT2D eigenvalue weighted by atomic mass is 35.5. The number of hydrogen-bond acceptors (Lipinski definition) is 4. The standard InChI is InChI=1S/C13H18ClN3O2/c1-16-7-10-8-17(4-5-19-10)9-2-3-11(13(15)18)12(14)6-9/h2-3,6,10,16H,4-5,7-8H2,1H3,(H2,15,18). The maximum absolute atomic E-state index is 11.1. The van der Waals surface area contributed by atoms with Crippen molar-refractivity contribution in [1.29, 1.82) is 0 Å². The first-order chi connectivity index (χ1) is 9.11. The normalized spacial score (nSPS) is 19.5. The van der Waals surface area contributed by atoms with Crippen molar-refractivity contribution >= 4 is 23.2 Å². The van der Waals surface area contributed by atoms with Gasteiger partial charge in [-0.05, 0) is 25.2 Å². The van der Waals surface area contributed by atoms with E-state index in [-0.39, 0.29) is 6.10 Å². The third-order valence-electron chi connectivity index (χ3n) is 3.15. The molecular formula is C13H18ClN3O2. The number of likely N-dealkylation sites (N-methyl/N-ethyl adjacent to an activating group) is 1. The van der Waals surface area contributed by atoms with Crippen LogP contribution in [0.4, 0.5) is 5.69 Å². The summed E-state index contributed by atoms with van der Waals surface area (Å²) in [4.78, 5) is 13.3. The minimum absolute atomic E-state index is 0.161. The van der Waals surface area contributed by atoms with Gasteiger partial charge in [0.25, 0.3) is 0 Å². The number of benzene rings is 1. The summed E-state index contributed by atoms with van der Waals surface area (Å²) in [6, 6.07) is 5.32.